The normalized spacial score (nSPS) is 30.8. The molecule has 1 saturated heterocycles. The van der Waals surface area contributed by atoms with Gasteiger partial charge in [0.15, 0.2) is 0 Å². The van der Waals surface area contributed by atoms with E-state index in [1.807, 2.05) is 38.1 Å². The van der Waals surface area contributed by atoms with Crippen molar-refractivity contribution in [1.29, 1.82) is 0 Å². The first-order valence-corrected chi connectivity index (χ1v) is 19.1. The Bertz CT molecular complexity index is 1410. The predicted octanol–water partition coefficient (Wildman–Crippen LogP) is 5.31. The van der Waals surface area contributed by atoms with E-state index in [0.717, 1.165) is 12.0 Å². The zero-order valence-corrected chi connectivity index (χ0v) is 33.4. The van der Waals surface area contributed by atoms with Crippen molar-refractivity contribution in [3.05, 3.63) is 70.8 Å². The molecule has 1 aromatic carbocycles. The first-order valence-electron chi connectivity index (χ1n) is 18.7. The molecule has 0 radical (unpaired) electrons. The van der Waals surface area contributed by atoms with E-state index in [0.29, 0.717) is 30.1 Å². The van der Waals surface area contributed by atoms with Crippen molar-refractivity contribution in [2.75, 3.05) is 20.3 Å². The highest BCUT2D eigenvalue weighted by atomic mass is 35.5. The van der Waals surface area contributed by atoms with E-state index >= 15 is 0 Å². The van der Waals surface area contributed by atoms with Crippen LogP contribution in [0, 0.1) is 11.8 Å². The number of aliphatic hydroxyl groups is 4. The fourth-order valence-electron chi connectivity index (χ4n) is 7.32. The molecule has 4 N–H and O–H groups in total. The Balaban J connectivity index is 1.98. The quantitative estimate of drug-likeness (QED) is 0.0749. The standard InChI is InChI=1S/C41H62ClNO10/c1-9-33(50-8)28(4)37-38(53-37)39(43(22-11-23-44)25-30-14-16-31(42)17-15-30)41(7,49)20-10-12-26(2)36-27(3)13-18-34(51-29(5)45)40(6,48)21-19-32(46)24-35(47)52-36/h10,12-18,20,27-28,32-34,36-39,44,46,48-49H,9,11,19,21-25H2,1-8H3/b18-13+,20-10+,26-12+/t27-,28+,32+,33-,34-,36+,37?,38-,39?,40+,41?/m0/s1. The summed E-state index contributed by atoms with van der Waals surface area (Å²) in [6.07, 6.45) is 6.53. The third-order valence-electron chi connectivity index (χ3n) is 10.4. The summed E-state index contributed by atoms with van der Waals surface area (Å²) in [5.74, 6) is -1.48. The number of hydrogen-bond acceptors (Lipinski definition) is 11. The van der Waals surface area contributed by atoms with Gasteiger partial charge < -0.3 is 39.4 Å². The lowest BCUT2D eigenvalue weighted by molar-refractivity contribution is -0.157. The number of allylic oxidation sites excluding steroid dienone is 2. The summed E-state index contributed by atoms with van der Waals surface area (Å²) >= 11 is 6.18. The number of nitrogens with zero attached hydrogens (tertiary/aromatic N) is 1. The second-order valence-corrected chi connectivity index (χ2v) is 15.6. The van der Waals surface area contributed by atoms with Crippen LogP contribution in [0.4, 0.5) is 0 Å². The molecule has 53 heavy (non-hydrogen) atoms. The molecule has 2 aliphatic heterocycles. The van der Waals surface area contributed by atoms with E-state index in [1.54, 1.807) is 44.4 Å². The van der Waals surface area contributed by atoms with Gasteiger partial charge in [-0.25, -0.2) is 0 Å². The smallest absolute Gasteiger partial charge is 0.309 e. The molecule has 11 nitrogen and oxygen atoms in total. The van der Waals surface area contributed by atoms with Gasteiger partial charge in [-0.15, -0.1) is 0 Å². The zero-order valence-electron chi connectivity index (χ0n) is 32.6. The maximum atomic E-state index is 13.0. The van der Waals surface area contributed by atoms with E-state index in [-0.39, 0.29) is 50.1 Å². The van der Waals surface area contributed by atoms with E-state index < -0.39 is 53.4 Å². The van der Waals surface area contributed by atoms with Crippen LogP contribution in [-0.4, -0.2) is 111 Å². The first-order chi connectivity index (χ1) is 24.9. The molecule has 0 aromatic heterocycles. The fourth-order valence-corrected chi connectivity index (χ4v) is 7.45. The molecule has 0 amide bonds. The summed E-state index contributed by atoms with van der Waals surface area (Å²) in [6.45, 7) is 13.3. The Morgan fingerprint density at radius 1 is 1.21 bits per heavy atom. The summed E-state index contributed by atoms with van der Waals surface area (Å²) in [7, 11) is 1.70. The van der Waals surface area contributed by atoms with Gasteiger partial charge in [-0.05, 0) is 75.8 Å². The highest BCUT2D eigenvalue weighted by Gasteiger charge is 2.56. The van der Waals surface area contributed by atoms with Gasteiger partial charge in [0, 0.05) is 50.6 Å². The first kappa shape index (κ1) is 44.8. The Labute approximate surface area is 320 Å². The average molecular weight is 764 g/mol. The predicted molar refractivity (Wildman–Crippen MR) is 204 cm³/mol. The Hall–Kier alpha value is -2.61. The van der Waals surface area contributed by atoms with Crippen molar-refractivity contribution in [3.63, 3.8) is 0 Å². The van der Waals surface area contributed by atoms with Gasteiger partial charge >= 0.3 is 11.9 Å². The third kappa shape index (κ3) is 13.3. The second kappa shape index (κ2) is 20.3. The molecule has 298 valence electrons. The van der Waals surface area contributed by atoms with Gasteiger partial charge in [0.25, 0.3) is 0 Å². The van der Waals surface area contributed by atoms with Crippen LogP contribution >= 0.6 is 11.6 Å². The van der Waals surface area contributed by atoms with Crippen molar-refractivity contribution in [3.8, 4) is 0 Å². The molecule has 3 unspecified atom stereocenters. The van der Waals surface area contributed by atoms with Crippen LogP contribution < -0.4 is 0 Å². The minimum atomic E-state index is -1.47. The molecule has 1 aromatic rings. The number of cyclic esters (lactones) is 1. The minimum Gasteiger partial charge on any atom is -0.457 e. The number of esters is 2. The summed E-state index contributed by atoms with van der Waals surface area (Å²) in [4.78, 5) is 27.0. The van der Waals surface area contributed by atoms with Gasteiger partial charge in [0.2, 0.25) is 0 Å². The number of hydrogen-bond donors (Lipinski definition) is 4. The topological polar surface area (TPSA) is 159 Å². The third-order valence-corrected chi connectivity index (χ3v) is 10.7. The number of carbonyl (C=O) groups excluding carboxylic acids is 2. The van der Waals surface area contributed by atoms with Gasteiger partial charge in [0.1, 0.15) is 23.9 Å². The molecule has 0 aliphatic carbocycles. The van der Waals surface area contributed by atoms with Crippen LogP contribution in [-0.2, 0) is 35.1 Å². The summed E-state index contributed by atoms with van der Waals surface area (Å²) in [6, 6.07) is 7.04. The maximum Gasteiger partial charge on any atom is 0.309 e. The van der Waals surface area contributed by atoms with Crippen LogP contribution in [0.3, 0.4) is 0 Å². The van der Waals surface area contributed by atoms with E-state index in [2.05, 4.69) is 18.7 Å². The lowest BCUT2D eigenvalue weighted by Crippen LogP contribution is -2.54. The van der Waals surface area contributed by atoms with Crippen molar-refractivity contribution in [2.45, 2.75) is 141 Å². The van der Waals surface area contributed by atoms with Crippen LogP contribution in [0.2, 0.25) is 5.02 Å². The molecular weight excluding hydrogens is 702 g/mol. The average Bonchev–Trinajstić information content (AvgIpc) is 3.87. The summed E-state index contributed by atoms with van der Waals surface area (Å²) in [5, 5.41) is 44.4. The Kier molecular flexibility index (Phi) is 17.2. The number of benzene rings is 1. The van der Waals surface area contributed by atoms with Gasteiger partial charge in [-0.3, -0.25) is 14.5 Å². The number of rotatable bonds is 16. The molecule has 11 atom stereocenters. The van der Waals surface area contributed by atoms with Crippen molar-refractivity contribution < 1.29 is 49.0 Å². The molecule has 0 spiro atoms. The summed E-state index contributed by atoms with van der Waals surface area (Å²) < 4.78 is 23.4. The maximum absolute atomic E-state index is 13.0. The lowest BCUT2D eigenvalue weighted by Gasteiger charge is -2.39. The number of ether oxygens (including phenoxy) is 4. The molecule has 1 fully saturated rings. The second-order valence-electron chi connectivity index (χ2n) is 15.2. The van der Waals surface area contributed by atoms with Crippen molar-refractivity contribution in [1.82, 2.24) is 4.90 Å². The van der Waals surface area contributed by atoms with E-state index in [9.17, 15) is 30.0 Å². The Morgan fingerprint density at radius 2 is 1.89 bits per heavy atom. The Morgan fingerprint density at radius 3 is 2.49 bits per heavy atom. The molecule has 2 heterocycles. The zero-order chi connectivity index (χ0) is 39.5. The molecular formula is C41H62ClNO10. The molecule has 0 saturated carbocycles. The molecule has 3 rings (SSSR count). The van der Waals surface area contributed by atoms with Gasteiger partial charge in [0.05, 0.1) is 36.4 Å². The largest absolute Gasteiger partial charge is 0.457 e. The van der Waals surface area contributed by atoms with Crippen LogP contribution in [0.15, 0.2) is 60.2 Å². The minimum absolute atomic E-state index is 0.0138. The molecule has 2 aliphatic rings. The number of methoxy groups -OCH3 is 1. The number of aliphatic hydroxyl groups excluding tert-OH is 2. The monoisotopic (exact) mass is 763 g/mol. The van der Waals surface area contributed by atoms with E-state index in [4.69, 9.17) is 30.5 Å². The highest BCUT2D eigenvalue weighted by molar-refractivity contribution is 6.30. The van der Waals surface area contributed by atoms with Crippen LogP contribution in [0.5, 0.6) is 0 Å². The highest BCUT2D eigenvalue weighted by Crippen LogP contribution is 2.41. The van der Waals surface area contributed by atoms with Crippen LogP contribution in [0.25, 0.3) is 0 Å². The number of epoxide rings is 1. The number of carbonyl (C=O) groups is 2. The fraction of sp³-hybridized carbons (Fsp3) is 0.659. The molecule has 12 heteroatoms. The summed E-state index contributed by atoms with van der Waals surface area (Å²) in [5.41, 5.74) is -1.23. The van der Waals surface area contributed by atoms with Gasteiger partial charge in [-0.1, -0.05) is 68.8 Å². The van der Waals surface area contributed by atoms with E-state index in [1.165, 1.54) is 13.8 Å². The van der Waals surface area contributed by atoms with Gasteiger partial charge in [-0.2, -0.15) is 0 Å². The SMILES string of the molecule is CC[C@H](OC)[C@@H](C)C1O[C@@H]1C(N(CCCO)Cc1ccc(Cl)cc1)C(C)(O)/C=C/C=C(\C)[C@H]1OC(=O)C[C@H](O)CC[C@@](C)(O)[C@@H](OC(C)=O)/C=C/[C@@H]1C. The molecule has 0 bridgehead atoms. The van der Waals surface area contributed by atoms with Crippen molar-refractivity contribution in [2.24, 2.45) is 11.8 Å². The van der Waals surface area contributed by atoms with Crippen LogP contribution in [0.1, 0.15) is 86.1 Å². The number of halogens is 1. The van der Waals surface area contributed by atoms with Crippen molar-refractivity contribution >= 4 is 23.5 Å². The lowest BCUT2D eigenvalue weighted by atomic mass is 9.85.